The van der Waals surface area contributed by atoms with Crippen LogP contribution in [0.25, 0.3) is 0 Å². The molecule has 0 fully saturated rings. The first kappa shape index (κ1) is 13.6. The van der Waals surface area contributed by atoms with Gasteiger partial charge >= 0.3 is 5.97 Å². The van der Waals surface area contributed by atoms with Crippen molar-refractivity contribution in [1.82, 2.24) is 5.32 Å². The van der Waals surface area contributed by atoms with E-state index in [1.807, 2.05) is 12.1 Å². The maximum absolute atomic E-state index is 11.2. The van der Waals surface area contributed by atoms with Crippen molar-refractivity contribution in [3.63, 3.8) is 0 Å². The lowest BCUT2D eigenvalue weighted by molar-refractivity contribution is -0.141. The van der Waals surface area contributed by atoms with Crippen LogP contribution in [0.4, 0.5) is 0 Å². The van der Waals surface area contributed by atoms with Gasteiger partial charge in [-0.25, -0.2) is 4.79 Å². The highest BCUT2D eigenvalue weighted by molar-refractivity contribution is 5.82. The monoisotopic (exact) mass is 261 g/mol. The number of carbonyl (C=O) groups is 2. The third-order valence-electron chi connectivity index (χ3n) is 3.69. The zero-order chi connectivity index (χ0) is 13.8. The summed E-state index contributed by atoms with van der Waals surface area (Å²) in [5, 5.41) is 11.7. The standard InChI is InChI=1S/C15H19NO3/c1-10(17)16-14(15(18)19)9-12-7-4-6-11-5-2-3-8-13(11)12/h2-3,5,8,12,14H,4,6-7,9H2,1H3,(H,16,17)(H,18,19). The fourth-order valence-electron chi connectivity index (χ4n) is 2.85. The number of carboxylic acid groups (broad SMARTS) is 1. The van der Waals surface area contributed by atoms with Crippen molar-refractivity contribution in [1.29, 1.82) is 0 Å². The third-order valence-corrected chi connectivity index (χ3v) is 3.69. The third kappa shape index (κ3) is 3.34. The van der Waals surface area contributed by atoms with Crippen LogP contribution in [0, 0.1) is 0 Å². The first-order valence-corrected chi connectivity index (χ1v) is 6.65. The molecule has 1 aromatic rings. The van der Waals surface area contributed by atoms with Gasteiger partial charge < -0.3 is 10.4 Å². The summed E-state index contributed by atoms with van der Waals surface area (Å²) in [6.07, 6.45) is 3.59. The van der Waals surface area contributed by atoms with Gasteiger partial charge in [0, 0.05) is 6.92 Å². The first-order chi connectivity index (χ1) is 9.08. The number of hydrogen-bond acceptors (Lipinski definition) is 2. The summed E-state index contributed by atoms with van der Waals surface area (Å²) in [6.45, 7) is 1.35. The Morgan fingerprint density at radius 1 is 1.42 bits per heavy atom. The van der Waals surface area contributed by atoms with Crippen LogP contribution in [0.15, 0.2) is 24.3 Å². The maximum atomic E-state index is 11.2. The lowest BCUT2D eigenvalue weighted by atomic mass is 9.79. The average molecular weight is 261 g/mol. The van der Waals surface area contributed by atoms with Crippen molar-refractivity contribution in [3.8, 4) is 0 Å². The van der Waals surface area contributed by atoms with Crippen LogP contribution < -0.4 is 5.32 Å². The summed E-state index contributed by atoms with van der Waals surface area (Å²) >= 11 is 0. The van der Waals surface area contributed by atoms with Crippen LogP contribution in [0.1, 0.15) is 43.2 Å². The number of amides is 1. The highest BCUT2D eigenvalue weighted by Crippen LogP contribution is 2.34. The fraction of sp³-hybridized carbons (Fsp3) is 0.467. The number of aliphatic carboxylic acids is 1. The molecule has 1 aliphatic carbocycles. The Hall–Kier alpha value is -1.84. The Labute approximate surface area is 112 Å². The Bertz CT molecular complexity index is 484. The van der Waals surface area contributed by atoms with Crippen molar-refractivity contribution in [2.75, 3.05) is 0 Å². The van der Waals surface area contributed by atoms with E-state index in [9.17, 15) is 14.7 Å². The summed E-state index contributed by atoms with van der Waals surface area (Å²) in [6, 6.07) is 7.39. The molecule has 4 nitrogen and oxygen atoms in total. The van der Waals surface area contributed by atoms with E-state index in [0.717, 1.165) is 19.3 Å². The van der Waals surface area contributed by atoms with E-state index in [1.54, 1.807) is 0 Å². The van der Waals surface area contributed by atoms with Gasteiger partial charge in [0.1, 0.15) is 6.04 Å². The summed E-state index contributed by atoms with van der Waals surface area (Å²) in [5.74, 6) is -1.03. The zero-order valence-electron chi connectivity index (χ0n) is 11.1. The van der Waals surface area contributed by atoms with Crippen molar-refractivity contribution in [3.05, 3.63) is 35.4 Å². The first-order valence-electron chi connectivity index (χ1n) is 6.65. The average Bonchev–Trinajstić information content (AvgIpc) is 2.37. The minimum Gasteiger partial charge on any atom is -0.480 e. The molecular formula is C15H19NO3. The molecule has 1 amide bonds. The van der Waals surface area contributed by atoms with Gasteiger partial charge in [-0.3, -0.25) is 4.79 Å². The highest BCUT2D eigenvalue weighted by Gasteiger charge is 2.27. The smallest absolute Gasteiger partial charge is 0.326 e. The van der Waals surface area contributed by atoms with Crippen LogP contribution in [0.2, 0.25) is 0 Å². The molecule has 1 aromatic carbocycles. The predicted octanol–water partition coefficient (Wildman–Crippen LogP) is 2.09. The van der Waals surface area contributed by atoms with Gasteiger partial charge in [-0.05, 0) is 42.7 Å². The van der Waals surface area contributed by atoms with Crippen molar-refractivity contribution in [2.24, 2.45) is 0 Å². The number of carboxylic acids is 1. The number of nitrogens with one attached hydrogen (secondary N) is 1. The second-order valence-electron chi connectivity index (χ2n) is 5.12. The molecule has 0 saturated heterocycles. The topological polar surface area (TPSA) is 66.4 Å². The molecule has 2 N–H and O–H groups in total. The molecule has 2 unspecified atom stereocenters. The lowest BCUT2D eigenvalue weighted by Gasteiger charge is -2.27. The Morgan fingerprint density at radius 2 is 2.16 bits per heavy atom. The predicted molar refractivity (Wildman–Crippen MR) is 72.0 cm³/mol. The van der Waals surface area contributed by atoms with Crippen LogP contribution >= 0.6 is 0 Å². The molecule has 1 aliphatic rings. The molecule has 19 heavy (non-hydrogen) atoms. The van der Waals surface area contributed by atoms with E-state index in [1.165, 1.54) is 18.1 Å². The van der Waals surface area contributed by atoms with Crippen LogP contribution in [-0.4, -0.2) is 23.0 Å². The number of benzene rings is 1. The molecule has 0 saturated carbocycles. The number of carbonyl (C=O) groups excluding carboxylic acids is 1. The minimum absolute atomic E-state index is 0.220. The largest absolute Gasteiger partial charge is 0.480 e. The maximum Gasteiger partial charge on any atom is 0.326 e. The van der Waals surface area contributed by atoms with Crippen molar-refractivity contribution >= 4 is 11.9 Å². The number of rotatable bonds is 4. The number of fused-ring (bicyclic) bond motifs is 1. The summed E-state index contributed by atoms with van der Waals surface area (Å²) < 4.78 is 0. The second-order valence-corrected chi connectivity index (χ2v) is 5.12. The molecule has 0 aliphatic heterocycles. The lowest BCUT2D eigenvalue weighted by Crippen LogP contribution is -2.40. The Balaban J connectivity index is 2.14. The molecule has 0 aromatic heterocycles. The van der Waals surface area contributed by atoms with Gasteiger partial charge in [-0.2, -0.15) is 0 Å². The Morgan fingerprint density at radius 3 is 2.84 bits per heavy atom. The van der Waals surface area contributed by atoms with Crippen LogP contribution in [0.5, 0.6) is 0 Å². The molecule has 4 heteroatoms. The van der Waals surface area contributed by atoms with E-state index in [-0.39, 0.29) is 11.8 Å². The molecular weight excluding hydrogens is 242 g/mol. The van der Waals surface area contributed by atoms with Gasteiger partial charge in [0.25, 0.3) is 0 Å². The molecule has 0 spiro atoms. The van der Waals surface area contributed by atoms with Gasteiger partial charge in [0.05, 0.1) is 0 Å². The molecule has 2 rings (SSSR count). The summed E-state index contributed by atoms with van der Waals surface area (Å²) in [4.78, 5) is 22.3. The second kappa shape index (κ2) is 5.87. The summed E-state index contributed by atoms with van der Waals surface area (Å²) in [5.41, 5.74) is 2.55. The van der Waals surface area contributed by atoms with Gasteiger partial charge in [0.15, 0.2) is 0 Å². The molecule has 102 valence electrons. The van der Waals surface area contributed by atoms with Crippen molar-refractivity contribution < 1.29 is 14.7 Å². The zero-order valence-corrected chi connectivity index (χ0v) is 11.1. The van der Waals surface area contributed by atoms with Crippen LogP contribution in [0.3, 0.4) is 0 Å². The number of hydrogen-bond donors (Lipinski definition) is 2. The molecule has 0 bridgehead atoms. The summed E-state index contributed by atoms with van der Waals surface area (Å²) in [7, 11) is 0. The van der Waals surface area contributed by atoms with E-state index in [0.29, 0.717) is 6.42 Å². The van der Waals surface area contributed by atoms with Gasteiger partial charge in [0.2, 0.25) is 5.91 Å². The van der Waals surface area contributed by atoms with E-state index in [4.69, 9.17) is 0 Å². The minimum atomic E-state index is -0.960. The molecule has 2 atom stereocenters. The van der Waals surface area contributed by atoms with E-state index >= 15 is 0 Å². The Kier molecular flexibility index (Phi) is 4.20. The normalized spacial score (nSPS) is 19.3. The van der Waals surface area contributed by atoms with E-state index in [2.05, 4.69) is 17.4 Å². The quantitative estimate of drug-likeness (QED) is 0.872. The molecule has 0 heterocycles. The fourth-order valence-corrected chi connectivity index (χ4v) is 2.85. The van der Waals surface area contributed by atoms with Gasteiger partial charge in [-0.15, -0.1) is 0 Å². The van der Waals surface area contributed by atoms with Crippen LogP contribution in [-0.2, 0) is 16.0 Å². The van der Waals surface area contributed by atoms with Gasteiger partial charge in [-0.1, -0.05) is 24.3 Å². The molecule has 0 radical (unpaired) electrons. The van der Waals surface area contributed by atoms with Crippen molar-refractivity contribution in [2.45, 2.75) is 44.6 Å². The highest BCUT2D eigenvalue weighted by atomic mass is 16.4. The SMILES string of the molecule is CC(=O)NC(CC1CCCc2ccccc21)C(=O)O. The van der Waals surface area contributed by atoms with E-state index < -0.39 is 12.0 Å². The number of aryl methyl sites for hydroxylation is 1.